The number of hydrogen-bond acceptors (Lipinski definition) is 3. The topological polar surface area (TPSA) is 49.9 Å². The van der Waals surface area contributed by atoms with Gasteiger partial charge in [0, 0.05) is 25.2 Å². The van der Waals surface area contributed by atoms with Crippen molar-refractivity contribution in [1.82, 2.24) is 9.80 Å². The third-order valence-electron chi connectivity index (χ3n) is 6.39. The Morgan fingerprint density at radius 1 is 1.07 bits per heavy atom. The number of piperidine rings is 1. The number of likely N-dealkylation sites (tertiary alicyclic amines) is 1. The molecule has 2 aliphatic rings. The van der Waals surface area contributed by atoms with Crippen molar-refractivity contribution < 1.29 is 14.3 Å². The summed E-state index contributed by atoms with van der Waals surface area (Å²) >= 11 is 0. The summed E-state index contributed by atoms with van der Waals surface area (Å²) < 4.78 is 5.29. The number of methoxy groups -OCH3 is 1. The molecule has 1 fully saturated rings. The van der Waals surface area contributed by atoms with Gasteiger partial charge in [0.2, 0.25) is 5.91 Å². The van der Waals surface area contributed by atoms with Crippen LogP contribution in [0.1, 0.15) is 59.6 Å². The van der Waals surface area contributed by atoms with Crippen molar-refractivity contribution in [2.24, 2.45) is 0 Å². The molecule has 0 N–H and O–H groups in total. The van der Waals surface area contributed by atoms with Gasteiger partial charge in [-0.15, -0.1) is 0 Å². The summed E-state index contributed by atoms with van der Waals surface area (Å²) in [6.07, 6.45) is 3.22. The van der Waals surface area contributed by atoms with Crippen molar-refractivity contribution >= 4 is 11.8 Å². The first-order valence-corrected chi connectivity index (χ1v) is 10.3. The molecule has 0 aromatic heterocycles. The Morgan fingerprint density at radius 2 is 1.79 bits per heavy atom. The largest absolute Gasteiger partial charge is 0.497 e. The van der Waals surface area contributed by atoms with Crippen LogP contribution in [0.4, 0.5) is 0 Å². The molecule has 4 rings (SSSR count). The molecular weight excluding hydrogens is 364 g/mol. The summed E-state index contributed by atoms with van der Waals surface area (Å²) in [5.41, 5.74) is 2.40. The van der Waals surface area contributed by atoms with Gasteiger partial charge in [-0.2, -0.15) is 0 Å². The van der Waals surface area contributed by atoms with Crippen LogP contribution in [0, 0.1) is 0 Å². The maximum atomic E-state index is 13.8. The molecule has 3 atom stereocenters. The van der Waals surface area contributed by atoms with Crippen molar-refractivity contribution in [2.45, 2.75) is 44.2 Å². The molecule has 2 aromatic carbocycles. The Balaban J connectivity index is 1.82. The zero-order valence-electron chi connectivity index (χ0n) is 17.3. The predicted octanol–water partition coefficient (Wildman–Crippen LogP) is 4.01. The van der Waals surface area contributed by atoms with Crippen molar-refractivity contribution in [2.75, 3.05) is 20.7 Å². The lowest BCUT2D eigenvalue weighted by Gasteiger charge is -2.43. The fourth-order valence-corrected chi connectivity index (χ4v) is 4.76. The number of rotatable bonds is 3. The molecule has 0 radical (unpaired) electrons. The van der Waals surface area contributed by atoms with Gasteiger partial charge in [-0.25, -0.2) is 0 Å². The van der Waals surface area contributed by atoms with E-state index in [1.165, 1.54) is 0 Å². The van der Waals surface area contributed by atoms with Gasteiger partial charge in [0.05, 0.1) is 19.1 Å². The predicted molar refractivity (Wildman–Crippen MR) is 112 cm³/mol. The summed E-state index contributed by atoms with van der Waals surface area (Å²) in [6, 6.07) is 15.1. The lowest BCUT2D eigenvalue weighted by Crippen LogP contribution is -2.50. The highest BCUT2D eigenvalue weighted by Gasteiger charge is 2.44. The van der Waals surface area contributed by atoms with Crippen molar-refractivity contribution in [3.05, 3.63) is 65.2 Å². The Morgan fingerprint density at radius 3 is 2.48 bits per heavy atom. The number of likely N-dealkylation sites (N-methyl/N-ethyl adjacent to an activating group) is 1. The molecule has 0 bridgehead atoms. The zero-order valence-corrected chi connectivity index (χ0v) is 17.3. The minimum absolute atomic E-state index is 0.0443. The van der Waals surface area contributed by atoms with Gasteiger partial charge in [-0.05, 0) is 55.5 Å². The average molecular weight is 392 g/mol. The third kappa shape index (κ3) is 3.39. The minimum atomic E-state index is -0.414. The number of ether oxygens (including phenoxy) is 1. The highest BCUT2D eigenvalue weighted by molar-refractivity contribution is 6.01. The van der Waals surface area contributed by atoms with E-state index in [4.69, 9.17) is 4.74 Å². The van der Waals surface area contributed by atoms with Gasteiger partial charge in [0.1, 0.15) is 5.75 Å². The van der Waals surface area contributed by atoms with E-state index < -0.39 is 5.92 Å². The smallest absolute Gasteiger partial charge is 0.254 e. The van der Waals surface area contributed by atoms with Crippen LogP contribution in [-0.4, -0.2) is 48.4 Å². The molecule has 1 saturated heterocycles. The Kier molecular flexibility index (Phi) is 5.31. The fourth-order valence-electron chi connectivity index (χ4n) is 4.76. The van der Waals surface area contributed by atoms with E-state index in [-0.39, 0.29) is 23.9 Å². The minimum Gasteiger partial charge on any atom is -0.497 e. The van der Waals surface area contributed by atoms with Crippen LogP contribution in [0.3, 0.4) is 0 Å². The van der Waals surface area contributed by atoms with E-state index in [1.807, 2.05) is 53.4 Å². The molecule has 2 amide bonds. The summed E-state index contributed by atoms with van der Waals surface area (Å²) in [5.74, 6) is 0.413. The number of nitrogens with zero attached hydrogens (tertiary/aromatic N) is 2. The lowest BCUT2D eigenvalue weighted by molar-refractivity contribution is -0.137. The maximum absolute atomic E-state index is 13.8. The van der Waals surface area contributed by atoms with Crippen molar-refractivity contribution in [3.63, 3.8) is 0 Å². The van der Waals surface area contributed by atoms with Crippen molar-refractivity contribution in [1.29, 1.82) is 0 Å². The highest BCUT2D eigenvalue weighted by atomic mass is 16.5. The molecular formula is C24H28N2O3. The molecule has 2 aliphatic heterocycles. The summed E-state index contributed by atoms with van der Waals surface area (Å²) in [5, 5.41) is 0. The van der Waals surface area contributed by atoms with E-state index >= 15 is 0 Å². The van der Waals surface area contributed by atoms with Crippen LogP contribution in [-0.2, 0) is 4.79 Å². The molecule has 152 valence electrons. The highest BCUT2D eigenvalue weighted by Crippen LogP contribution is 2.43. The molecule has 2 heterocycles. The first-order valence-electron chi connectivity index (χ1n) is 10.3. The number of carbonyl (C=O) groups is 2. The number of fused-ring (bicyclic) bond motifs is 1. The van der Waals surface area contributed by atoms with Gasteiger partial charge in [-0.3, -0.25) is 9.59 Å². The second-order valence-electron chi connectivity index (χ2n) is 8.08. The average Bonchev–Trinajstić information content (AvgIpc) is 2.76. The molecule has 3 unspecified atom stereocenters. The molecule has 0 saturated carbocycles. The lowest BCUT2D eigenvalue weighted by atomic mass is 9.78. The third-order valence-corrected chi connectivity index (χ3v) is 6.39. The first-order chi connectivity index (χ1) is 14.0. The Labute approximate surface area is 172 Å². The quantitative estimate of drug-likeness (QED) is 0.793. The van der Waals surface area contributed by atoms with Gasteiger partial charge >= 0.3 is 0 Å². The van der Waals surface area contributed by atoms with Crippen LogP contribution >= 0.6 is 0 Å². The van der Waals surface area contributed by atoms with Crippen LogP contribution in [0.25, 0.3) is 0 Å². The SMILES string of the molecule is COc1ccc(C2C(C(=O)N3CCCCC3C)c3ccccc3C(=O)N2C)cc1. The first kappa shape index (κ1) is 19.5. The van der Waals surface area contributed by atoms with Gasteiger partial charge in [0.15, 0.2) is 0 Å². The normalized spacial score (nSPS) is 24.2. The van der Waals surface area contributed by atoms with Crippen LogP contribution in [0.2, 0.25) is 0 Å². The number of amides is 2. The van der Waals surface area contributed by atoms with Crippen LogP contribution in [0.5, 0.6) is 5.75 Å². The van der Waals surface area contributed by atoms with Crippen LogP contribution in [0.15, 0.2) is 48.5 Å². The molecule has 0 aliphatic carbocycles. The number of benzene rings is 2. The van der Waals surface area contributed by atoms with Crippen LogP contribution < -0.4 is 4.74 Å². The van der Waals surface area contributed by atoms with E-state index in [1.54, 1.807) is 19.1 Å². The van der Waals surface area contributed by atoms with Crippen molar-refractivity contribution in [3.8, 4) is 5.75 Å². The molecule has 2 aromatic rings. The Hall–Kier alpha value is -2.82. The fraction of sp³-hybridized carbons (Fsp3) is 0.417. The van der Waals surface area contributed by atoms with E-state index in [2.05, 4.69) is 6.92 Å². The van der Waals surface area contributed by atoms with E-state index in [0.29, 0.717) is 5.56 Å². The number of carbonyl (C=O) groups excluding carboxylic acids is 2. The van der Waals surface area contributed by atoms with Gasteiger partial charge in [0.25, 0.3) is 5.91 Å². The summed E-state index contributed by atoms with van der Waals surface area (Å²) in [7, 11) is 3.43. The second kappa shape index (κ2) is 7.90. The van der Waals surface area contributed by atoms with Gasteiger partial charge in [-0.1, -0.05) is 30.3 Å². The molecule has 0 spiro atoms. The summed E-state index contributed by atoms with van der Waals surface area (Å²) in [4.78, 5) is 30.7. The van der Waals surface area contributed by atoms with E-state index in [0.717, 1.165) is 42.7 Å². The summed E-state index contributed by atoms with van der Waals surface area (Å²) in [6.45, 7) is 2.91. The standard InChI is InChI=1S/C24H28N2O3/c1-16-8-6-7-15-26(16)24(28)21-19-9-4-5-10-20(19)23(27)25(2)22(21)17-11-13-18(29-3)14-12-17/h4-5,9-14,16,21-22H,6-8,15H2,1-3H3. The maximum Gasteiger partial charge on any atom is 0.254 e. The molecule has 5 nitrogen and oxygen atoms in total. The Bertz CT molecular complexity index is 909. The van der Waals surface area contributed by atoms with Gasteiger partial charge < -0.3 is 14.5 Å². The second-order valence-corrected chi connectivity index (χ2v) is 8.08. The zero-order chi connectivity index (χ0) is 20.5. The molecule has 5 heteroatoms. The monoisotopic (exact) mass is 392 g/mol. The molecule has 29 heavy (non-hydrogen) atoms. The number of hydrogen-bond donors (Lipinski definition) is 0. The van der Waals surface area contributed by atoms with E-state index in [9.17, 15) is 9.59 Å².